The van der Waals surface area contributed by atoms with E-state index in [4.69, 9.17) is 10.5 Å². The number of rotatable bonds is 4. The van der Waals surface area contributed by atoms with Gasteiger partial charge in [-0.25, -0.2) is 4.98 Å². The zero-order chi connectivity index (χ0) is 26.0. The molecule has 3 aromatic rings. The van der Waals surface area contributed by atoms with Gasteiger partial charge in [0.05, 0.1) is 17.2 Å². The number of para-hydroxylation sites is 1. The summed E-state index contributed by atoms with van der Waals surface area (Å²) in [6, 6.07) is 20.7. The third-order valence-corrected chi connectivity index (χ3v) is 6.88. The van der Waals surface area contributed by atoms with Crippen LogP contribution in [0.1, 0.15) is 58.9 Å². The number of nitrogen functional groups attached to an aromatic ring is 1. The first-order valence-corrected chi connectivity index (χ1v) is 13.1. The first-order chi connectivity index (χ1) is 18.1. The Hall–Kier alpha value is -3.87. The zero-order valence-corrected chi connectivity index (χ0v) is 21.5. The molecule has 194 valence electrons. The zero-order valence-electron chi connectivity index (χ0n) is 21.5. The number of aromatic nitrogens is 1. The van der Waals surface area contributed by atoms with Crippen molar-refractivity contribution in [3.05, 3.63) is 89.6 Å². The van der Waals surface area contributed by atoms with Gasteiger partial charge in [0.15, 0.2) is 0 Å². The highest BCUT2D eigenvalue weighted by Gasteiger charge is 2.28. The molecule has 0 bridgehead atoms. The standard InChI is InChI=1S/C30H36N4O3/c1-2-33-19-10-3-4-11-20-34(30(36)26-16-12-18-32-28(26)31)24(21-23-13-6-5-7-14-23)22-37-27-17-9-8-15-25(27)29(33)35/h5-9,12-18,24H,2-4,10-11,19-22H2,1H3,(H2,31,32)/t24-/m0/s1. The number of hydrogen-bond donors (Lipinski definition) is 1. The first-order valence-electron chi connectivity index (χ1n) is 13.1. The molecule has 0 saturated heterocycles. The van der Waals surface area contributed by atoms with Crippen molar-refractivity contribution in [1.82, 2.24) is 14.8 Å². The van der Waals surface area contributed by atoms with E-state index in [9.17, 15) is 9.59 Å². The van der Waals surface area contributed by atoms with E-state index < -0.39 is 0 Å². The number of pyridine rings is 1. The number of nitrogens with zero attached hydrogens (tertiary/aromatic N) is 3. The molecule has 0 saturated carbocycles. The lowest BCUT2D eigenvalue weighted by molar-refractivity contribution is 0.0598. The molecular weight excluding hydrogens is 464 g/mol. The minimum absolute atomic E-state index is 0.0224. The Balaban J connectivity index is 1.70. The minimum atomic E-state index is -0.261. The molecule has 0 spiro atoms. The van der Waals surface area contributed by atoms with Gasteiger partial charge in [-0.3, -0.25) is 9.59 Å². The SMILES string of the molecule is CCN1CCCCCCN(C(=O)c2cccnc2N)[C@@H](Cc2ccccc2)COc2ccccc2C1=O. The van der Waals surface area contributed by atoms with Crippen molar-refractivity contribution in [1.29, 1.82) is 0 Å². The average Bonchev–Trinajstić information content (AvgIpc) is 2.93. The molecule has 1 atom stereocenters. The first kappa shape index (κ1) is 26.2. The van der Waals surface area contributed by atoms with E-state index in [1.54, 1.807) is 18.3 Å². The lowest BCUT2D eigenvalue weighted by atomic mass is 10.0. The van der Waals surface area contributed by atoms with E-state index in [1.807, 2.05) is 59.2 Å². The molecule has 2 N–H and O–H groups in total. The molecule has 37 heavy (non-hydrogen) atoms. The second-order valence-corrected chi connectivity index (χ2v) is 9.38. The summed E-state index contributed by atoms with van der Waals surface area (Å²) >= 11 is 0. The van der Waals surface area contributed by atoms with Crippen LogP contribution < -0.4 is 10.5 Å². The normalized spacial score (nSPS) is 17.4. The summed E-state index contributed by atoms with van der Waals surface area (Å²) in [5.41, 5.74) is 8.16. The van der Waals surface area contributed by atoms with Gasteiger partial charge in [-0.2, -0.15) is 0 Å². The van der Waals surface area contributed by atoms with E-state index in [-0.39, 0.29) is 30.3 Å². The van der Waals surface area contributed by atoms with Crippen molar-refractivity contribution >= 4 is 17.6 Å². The van der Waals surface area contributed by atoms with Crippen LogP contribution in [0.2, 0.25) is 0 Å². The van der Waals surface area contributed by atoms with Gasteiger partial charge in [-0.15, -0.1) is 0 Å². The fraction of sp³-hybridized carbons (Fsp3) is 0.367. The maximum atomic E-state index is 13.8. The molecule has 1 aromatic heterocycles. The molecule has 2 amide bonds. The number of amides is 2. The van der Waals surface area contributed by atoms with Gasteiger partial charge in [-0.1, -0.05) is 55.3 Å². The monoisotopic (exact) mass is 500 g/mol. The van der Waals surface area contributed by atoms with Gasteiger partial charge in [0.25, 0.3) is 11.8 Å². The minimum Gasteiger partial charge on any atom is -0.491 e. The number of carbonyl (C=O) groups is 2. The highest BCUT2D eigenvalue weighted by Crippen LogP contribution is 2.24. The van der Waals surface area contributed by atoms with Crippen LogP contribution in [0.5, 0.6) is 5.75 Å². The Bertz CT molecular complexity index is 1180. The largest absolute Gasteiger partial charge is 0.491 e. The Morgan fingerprint density at radius 3 is 2.46 bits per heavy atom. The van der Waals surface area contributed by atoms with Gasteiger partial charge in [-0.05, 0) is 56.0 Å². The number of nitrogens with two attached hydrogens (primary N) is 1. The van der Waals surface area contributed by atoms with E-state index >= 15 is 0 Å². The number of benzene rings is 2. The van der Waals surface area contributed by atoms with Crippen LogP contribution >= 0.6 is 0 Å². The molecule has 7 nitrogen and oxygen atoms in total. The average molecular weight is 501 g/mol. The fourth-order valence-corrected chi connectivity index (χ4v) is 4.82. The lowest BCUT2D eigenvalue weighted by Gasteiger charge is -2.33. The van der Waals surface area contributed by atoms with Crippen molar-refractivity contribution in [3.8, 4) is 5.75 Å². The highest BCUT2D eigenvalue weighted by molar-refractivity contribution is 5.98. The Morgan fingerprint density at radius 2 is 1.70 bits per heavy atom. The van der Waals surface area contributed by atoms with Crippen molar-refractivity contribution in [2.75, 3.05) is 32.0 Å². The maximum Gasteiger partial charge on any atom is 0.257 e. The third kappa shape index (κ3) is 6.67. The summed E-state index contributed by atoms with van der Waals surface area (Å²) in [7, 11) is 0. The third-order valence-electron chi connectivity index (χ3n) is 6.88. The fourth-order valence-electron chi connectivity index (χ4n) is 4.82. The van der Waals surface area contributed by atoms with Crippen molar-refractivity contribution in [2.24, 2.45) is 0 Å². The van der Waals surface area contributed by atoms with Crippen LogP contribution in [-0.2, 0) is 6.42 Å². The van der Waals surface area contributed by atoms with Crippen LogP contribution in [0.3, 0.4) is 0 Å². The smallest absolute Gasteiger partial charge is 0.257 e. The Kier molecular flexibility index (Phi) is 9.13. The Morgan fingerprint density at radius 1 is 0.973 bits per heavy atom. The van der Waals surface area contributed by atoms with Crippen molar-refractivity contribution in [2.45, 2.75) is 45.1 Å². The van der Waals surface area contributed by atoms with E-state index in [0.717, 1.165) is 31.2 Å². The lowest BCUT2D eigenvalue weighted by Crippen LogP contribution is -2.46. The number of anilines is 1. The summed E-state index contributed by atoms with van der Waals surface area (Å²) in [4.78, 5) is 35.1. The van der Waals surface area contributed by atoms with Crippen molar-refractivity contribution in [3.63, 3.8) is 0 Å². The van der Waals surface area contributed by atoms with Gasteiger partial charge in [0.1, 0.15) is 18.2 Å². The molecule has 2 aromatic carbocycles. The molecule has 4 rings (SSSR count). The summed E-state index contributed by atoms with van der Waals surface area (Å²) in [6.45, 7) is 4.20. The number of carbonyl (C=O) groups excluding carboxylic acids is 2. The summed E-state index contributed by atoms with van der Waals surface area (Å²) < 4.78 is 6.34. The van der Waals surface area contributed by atoms with Crippen LogP contribution in [0.4, 0.5) is 5.82 Å². The summed E-state index contributed by atoms with van der Waals surface area (Å²) in [5, 5.41) is 0. The van der Waals surface area contributed by atoms with Crippen LogP contribution in [0, 0.1) is 0 Å². The molecule has 0 fully saturated rings. The van der Waals surface area contributed by atoms with Crippen molar-refractivity contribution < 1.29 is 14.3 Å². The highest BCUT2D eigenvalue weighted by atomic mass is 16.5. The molecule has 1 aliphatic heterocycles. The number of fused-ring (bicyclic) bond motifs is 1. The molecule has 0 radical (unpaired) electrons. The molecule has 7 heteroatoms. The summed E-state index contributed by atoms with van der Waals surface area (Å²) in [6.07, 6.45) is 5.93. The molecule has 1 aliphatic rings. The quantitative estimate of drug-likeness (QED) is 0.554. The second-order valence-electron chi connectivity index (χ2n) is 9.38. The topological polar surface area (TPSA) is 88.8 Å². The summed E-state index contributed by atoms with van der Waals surface area (Å²) in [5.74, 6) is 0.589. The number of ether oxygens (including phenoxy) is 1. The van der Waals surface area contributed by atoms with Gasteiger partial charge in [0, 0.05) is 25.8 Å². The van der Waals surface area contributed by atoms with Gasteiger partial charge < -0.3 is 20.3 Å². The van der Waals surface area contributed by atoms with Gasteiger partial charge >= 0.3 is 0 Å². The van der Waals surface area contributed by atoms with E-state index in [1.165, 1.54) is 0 Å². The van der Waals surface area contributed by atoms with Gasteiger partial charge in [0.2, 0.25) is 0 Å². The molecular formula is C30H36N4O3. The molecule has 2 heterocycles. The van der Waals surface area contributed by atoms with Crippen LogP contribution in [-0.4, -0.2) is 58.9 Å². The van der Waals surface area contributed by atoms with Crippen LogP contribution in [0.15, 0.2) is 72.9 Å². The van der Waals surface area contributed by atoms with Crippen LogP contribution in [0.25, 0.3) is 0 Å². The van der Waals surface area contributed by atoms with E-state index in [2.05, 4.69) is 17.1 Å². The van der Waals surface area contributed by atoms with E-state index in [0.29, 0.717) is 42.9 Å². The molecule has 0 aliphatic carbocycles. The molecule has 0 unspecified atom stereocenters. The predicted octanol–water partition coefficient (Wildman–Crippen LogP) is 4.83. The Labute approximate surface area is 219 Å². The number of hydrogen-bond acceptors (Lipinski definition) is 5. The maximum absolute atomic E-state index is 13.8. The second kappa shape index (κ2) is 12.9. The predicted molar refractivity (Wildman–Crippen MR) is 146 cm³/mol.